The second-order valence-corrected chi connectivity index (χ2v) is 11.9. The molecule has 186 valence electrons. The number of aromatic nitrogens is 4. The molecule has 0 spiro atoms. The molecule has 4 aromatic rings. The van der Waals surface area contributed by atoms with Gasteiger partial charge in [-0.2, -0.15) is 0 Å². The topological polar surface area (TPSA) is 83.6 Å². The molecule has 0 saturated carbocycles. The molecule has 5 rings (SSSR count). The highest BCUT2D eigenvalue weighted by Crippen LogP contribution is 2.34. The van der Waals surface area contributed by atoms with E-state index in [4.69, 9.17) is 0 Å². The lowest BCUT2D eigenvalue weighted by atomic mass is 9.90. The number of benzene rings is 1. The first-order valence-corrected chi connectivity index (χ1v) is 13.4. The number of thiazole rings is 1. The number of rotatable bonds is 5. The maximum absolute atomic E-state index is 12.7. The summed E-state index contributed by atoms with van der Waals surface area (Å²) in [5.41, 5.74) is 7.47. The number of carbonyl (C=O) groups is 1. The second kappa shape index (κ2) is 9.62. The molecule has 1 amide bonds. The lowest BCUT2D eigenvalue weighted by Crippen LogP contribution is -2.22. The highest BCUT2D eigenvalue weighted by molar-refractivity contribution is 7.13. The summed E-state index contributed by atoms with van der Waals surface area (Å²) in [5.74, 6) is 0.665. The van der Waals surface area contributed by atoms with Crippen LogP contribution >= 0.6 is 11.3 Å². The van der Waals surface area contributed by atoms with E-state index in [2.05, 4.69) is 90.2 Å². The molecule has 7 heteroatoms. The van der Waals surface area contributed by atoms with Gasteiger partial charge >= 0.3 is 0 Å². The Morgan fingerprint density at radius 2 is 2.03 bits per heavy atom. The van der Waals surface area contributed by atoms with Crippen molar-refractivity contribution in [3.8, 4) is 11.3 Å². The van der Waals surface area contributed by atoms with E-state index in [9.17, 15) is 4.79 Å². The minimum Gasteiger partial charge on any atom is -0.347 e. The van der Waals surface area contributed by atoms with E-state index in [1.807, 2.05) is 0 Å². The number of hydrogen-bond donors (Lipinski definition) is 2. The summed E-state index contributed by atoms with van der Waals surface area (Å²) in [6.45, 7) is 11.2. The quantitative estimate of drug-likeness (QED) is 0.316. The third kappa shape index (κ3) is 4.98. The minimum atomic E-state index is -0.0877. The summed E-state index contributed by atoms with van der Waals surface area (Å²) >= 11 is 1.46. The number of allylic oxidation sites excluding steroid dienone is 2. The van der Waals surface area contributed by atoms with Crippen molar-refractivity contribution >= 4 is 33.9 Å². The van der Waals surface area contributed by atoms with Crippen LogP contribution in [0.15, 0.2) is 42.9 Å². The van der Waals surface area contributed by atoms with Crippen LogP contribution in [0.25, 0.3) is 27.9 Å². The van der Waals surface area contributed by atoms with Crippen LogP contribution in [-0.2, 0) is 12.0 Å². The summed E-state index contributed by atoms with van der Waals surface area (Å²) in [4.78, 5) is 30.4. The average molecular weight is 500 g/mol. The summed E-state index contributed by atoms with van der Waals surface area (Å²) in [6.07, 6.45) is 9.09. The number of aromatic amines is 1. The SMILES string of the molecule is Cc1cc(-c2ncnc3[nH]c(C4=CCC(C)CC4)cc23)ccc1CNC(=O)c1cnc(C(C)(C)C)s1. The number of carbonyl (C=O) groups excluding carboxylic acids is 1. The zero-order valence-electron chi connectivity index (χ0n) is 21.6. The lowest BCUT2D eigenvalue weighted by molar-refractivity contribution is 0.0954. The van der Waals surface area contributed by atoms with Crippen molar-refractivity contribution < 1.29 is 4.79 Å². The van der Waals surface area contributed by atoms with Crippen LogP contribution in [0, 0.1) is 12.8 Å². The molecule has 0 radical (unpaired) electrons. The van der Waals surface area contributed by atoms with Crippen LogP contribution in [0.2, 0.25) is 0 Å². The van der Waals surface area contributed by atoms with Crippen LogP contribution < -0.4 is 5.32 Å². The maximum atomic E-state index is 12.7. The molecule has 0 bridgehead atoms. The Morgan fingerprint density at radius 1 is 1.19 bits per heavy atom. The van der Waals surface area contributed by atoms with Crippen LogP contribution in [0.5, 0.6) is 0 Å². The molecule has 0 fully saturated rings. The zero-order chi connectivity index (χ0) is 25.4. The van der Waals surface area contributed by atoms with Crippen LogP contribution in [-0.4, -0.2) is 25.8 Å². The van der Waals surface area contributed by atoms with E-state index in [0.29, 0.717) is 11.4 Å². The van der Waals surface area contributed by atoms with Crippen molar-refractivity contribution in [1.82, 2.24) is 25.3 Å². The van der Waals surface area contributed by atoms with Crippen molar-refractivity contribution in [3.63, 3.8) is 0 Å². The van der Waals surface area contributed by atoms with Gasteiger partial charge in [0.15, 0.2) is 0 Å². The average Bonchev–Trinajstić information content (AvgIpc) is 3.51. The molecule has 1 atom stereocenters. The predicted octanol–water partition coefficient (Wildman–Crippen LogP) is 6.82. The number of H-pyrrole nitrogens is 1. The fourth-order valence-electron chi connectivity index (χ4n) is 4.58. The first-order valence-electron chi connectivity index (χ1n) is 12.6. The van der Waals surface area contributed by atoms with Gasteiger partial charge in [-0.15, -0.1) is 11.3 Å². The molecule has 3 heterocycles. The largest absolute Gasteiger partial charge is 0.347 e. The van der Waals surface area contributed by atoms with Crippen molar-refractivity contribution in [2.24, 2.45) is 5.92 Å². The molecule has 1 aliphatic carbocycles. The Labute approximate surface area is 216 Å². The first kappa shape index (κ1) is 24.4. The first-order chi connectivity index (χ1) is 17.2. The monoisotopic (exact) mass is 499 g/mol. The molecule has 1 aliphatic rings. The maximum Gasteiger partial charge on any atom is 0.263 e. The van der Waals surface area contributed by atoms with Crippen LogP contribution in [0.1, 0.15) is 78.5 Å². The van der Waals surface area contributed by atoms with E-state index in [-0.39, 0.29) is 11.3 Å². The Balaban J connectivity index is 1.34. The second-order valence-electron chi connectivity index (χ2n) is 10.9. The van der Waals surface area contributed by atoms with Crippen LogP contribution in [0.3, 0.4) is 0 Å². The number of nitrogens with zero attached hydrogens (tertiary/aromatic N) is 3. The van der Waals surface area contributed by atoms with Gasteiger partial charge in [0.05, 0.1) is 16.9 Å². The smallest absolute Gasteiger partial charge is 0.263 e. The molecule has 1 unspecified atom stereocenters. The number of amides is 1. The van der Waals surface area contributed by atoms with E-state index in [1.54, 1.807) is 12.5 Å². The standard InChI is InChI=1S/C29H33N5OS/c1-17-6-8-19(9-7-17)23-13-22-25(32-16-33-26(22)34-23)20-10-11-21(18(2)12-20)14-30-27(35)24-15-31-28(36-24)29(3,4)5/h8,10-13,15-17H,6-7,9,14H2,1-5H3,(H,30,35)(H,32,33,34). The molecule has 36 heavy (non-hydrogen) atoms. The molecule has 0 saturated heterocycles. The lowest BCUT2D eigenvalue weighted by Gasteiger charge is -2.17. The van der Waals surface area contributed by atoms with Gasteiger partial charge in [0.1, 0.15) is 16.9 Å². The van der Waals surface area contributed by atoms with Gasteiger partial charge in [0.2, 0.25) is 0 Å². The van der Waals surface area contributed by atoms with Gasteiger partial charge in [-0.05, 0) is 60.9 Å². The number of hydrogen-bond acceptors (Lipinski definition) is 5. The highest BCUT2D eigenvalue weighted by Gasteiger charge is 2.21. The normalized spacial score (nSPS) is 16.2. The van der Waals surface area contributed by atoms with E-state index < -0.39 is 0 Å². The molecular formula is C29H33N5OS. The molecule has 3 aromatic heterocycles. The Morgan fingerprint density at radius 3 is 2.72 bits per heavy atom. The van der Waals surface area contributed by atoms with E-state index >= 15 is 0 Å². The molecule has 6 nitrogen and oxygen atoms in total. The van der Waals surface area contributed by atoms with Gasteiger partial charge in [0.25, 0.3) is 5.91 Å². The summed E-state index contributed by atoms with van der Waals surface area (Å²) < 4.78 is 0. The fraction of sp³-hybridized carbons (Fsp3) is 0.379. The van der Waals surface area contributed by atoms with Gasteiger partial charge < -0.3 is 10.3 Å². The van der Waals surface area contributed by atoms with E-state index in [1.165, 1.54) is 23.3 Å². The number of fused-ring (bicyclic) bond motifs is 1. The highest BCUT2D eigenvalue weighted by atomic mass is 32.1. The summed E-state index contributed by atoms with van der Waals surface area (Å²) in [6, 6.07) is 8.48. The molecule has 1 aromatic carbocycles. The van der Waals surface area contributed by atoms with Crippen molar-refractivity contribution in [2.75, 3.05) is 0 Å². The van der Waals surface area contributed by atoms with Gasteiger partial charge in [0, 0.05) is 28.6 Å². The van der Waals surface area contributed by atoms with E-state index in [0.717, 1.165) is 62.9 Å². The van der Waals surface area contributed by atoms with Crippen LogP contribution in [0.4, 0.5) is 0 Å². The van der Waals surface area contributed by atoms with Crippen molar-refractivity contribution in [2.45, 2.75) is 65.8 Å². The summed E-state index contributed by atoms with van der Waals surface area (Å²) in [7, 11) is 0. The third-order valence-corrected chi connectivity index (χ3v) is 8.29. The third-order valence-electron chi connectivity index (χ3n) is 6.87. The van der Waals surface area contributed by atoms with Gasteiger partial charge in [-0.25, -0.2) is 15.0 Å². The van der Waals surface area contributed by atoms with Crippen molar-refractivity contribution in [3.05, 3.63) is 69.6 Å². The zero-order valence-corrected chi connectivity index (χ0v) is 22.4. The Hall–Kier alpha value is -3.32. The molecular weight excluding hydrogens is 466 g/mol. The number of aryl methyl sites for hydroxylation is 1. The predicted molar refractivity (Wildman–Crippen MR) is 147 cm³/mol. The number of nitrogens with one attached hydrogen (secondary N) is 2. The molecule has 0 aliphatic heterocycles. The van der Waals surface area contributed by atoms with Gasteiger partial charge in [-0.1, -0.05) is 45.9 Å². The summed E-state index contributed by atoms with van der Waals surface area (Å²) in [5, 5.41) is 5.05. The van der Waals surface area contributed by atoms with Gasteiger partial charge in [-0.3, -0.25) is 4.79 Å². The molecule has 2 N–H and O–H groups in total. The van der Waals surface area contributed by atoms with Crippen molar-refractivity contribution in [1.29, 1.82) is 0 Å². The fourth-order valence-corrected chi connectivity index (χ4v) is 5.47. The Bertz CT molecular complexity index is 1460. The minimum absolute atomic E-state index is 0.0613. The Kier molecular flexibility index (Phi) is 6.51.